The number of halogens is 2. The van der Waals surface area contributed by atoms with E-state index in [9.17, 15) is 18.7 Å². The van der Waals surface area contributed by atoms with E-state index >= 15 is 0 Å². The molecule has 2 heterocycles. The zero-order valence-corrected chi connectivity index (χ0v) is 9.08. The van der Waals surface area contributed by atoms with Crippen molar-refractivity contribution >= 4 is 12.0 Å². The molecule has 0 aromatic rings. The van der Waals surface area contributed by atoms with Crippen molar-refractivity contribution in [2.24, 2.45) is 10.7 Å². The highest BCUT2D eigenvalue weighted by molar-refractivity contribution is 5.96. The predicted octanol–water partition coefficient (Wildman–Crippen LogP) is -2.00. The minimum Gasteiger partial charge on any atom is -0.394 e. The number of nitrogens with zero attached hydrogens (tertiary/aromatic N) is 2. The van der Waals surface area contributed by atoms with E-state index < -0.39 is 43.7 Å². The second-order valence-corrected chi connectivity index (χ2v) is 3.91. The van der Waals surface area contributed by atoms with Crippen molar-refractivity contribution in [2.45, 2.75) is 24.4 Å². The van der Waals surface area contributed by atoms with Crippen LogP contribution in [0, 0.1) is 0 Å². The zero-order chi connectivity index (χ0) is 13.5. The molecule has 2 aliphatic heterocycles. The first kappa shape index (κ1) is 12.9. The highest BCUT2D eigenvalue weighted by atomic mass is 19.3. The number of carbonyl (C=O) groups excluding carboxylic acids is 1. The lowest BCUT2D eigenvalue weighted by Gasteiger charge is -2.32. The largest absolute Gasteiger partial charge is 0.394 e. The van der Waals surface area contributed by atoms with Crippen LogP contribution in [0.1, 0.15) is 0 Å². The van der Waals surface area contributed by atoms with Crippen molar-refractivity contribution in [3.63, 3.8) is 0 Å². The summed E-state index contributed by atoms with van der Waals surface area (Å²) in [6.45, 7) is -1.20. The predicted molar refractivity (Wildman–Crippen MR) is 53.6 cm³/mol. The zero-order valence-electron chi connectivity index (χ0n) is 9.08. The van der Waals surface area contributed by atoms with Crippen molar-refractivity contribution in [3.05, 3.63) is 0 Å². The first-order chi connectivity index (χ1) is 8.37. The van der Waals surface area contributed by atoms with Gasteiger partial charge in [-0.3, -0.25) is 10.2 Å². The van der Waals surface area contributed by atoms with E-state index in [1.54, 1.807) is 0 Å². The molecule has 1 fully saturated rings. The fraction of sp³-hybridized carbons (Fsp3) is 0.750. The van der Waals surface area contributed by atoms with Crippen LogP contribution in [-0.2, 0) is 4.74 Å². The van der Waals surface area contributed by atoms with E-state index in [1.165, 1.54) is 0 Å². The van der Waals surface area contributed by atoms with E-state index in [0.29, 0.717) is 4.90 Å². The van der Waals surface area contributed by atoms with Crippen LogP contribution in [-0.4, -0.2) is 64.7 Å². The minimum atomic E-state index is -3.70. The number of hydrogen-bond acceptors (Lipinski definition) is 6. The van der Waals surface area contributed by atoms with Crippen molar-refractivity contribution in [3.8, 4) is 0 Å². The number of alkyl halides is 2. The quantitative estimate of drug-likeness (QED) is 0.460. The Morgan fingerprint density at radius 3 is 2.83 bits per heavy atom. The molecule has 2 rings (SSSR count). The number of hydrogen-bond donors (Lipinski definition) is 4. The molecule has 3 atom stereocenters. The van der Waals surface area contributed by atoms with E-state index in [4.69, 9.17) is 15.6 Å². The van der Waals surface area contributed by atoms with Crippen LogP contribution in [0.3, 0.4) is 0 Å². The van der Waals surface area contributed by atoms with E-state index in [0.717, 1.165) is 0 Å². The van der Waals surface area contributed by atoms with Crippen LogP contribution in [0.4, 0.5) is 13.6 Å². The molecule has 5 N–H and O–H groups in total. The highest BCUT2D eigenvalue weighted by Crippen LogP contribution is 2.38. The summed E-state index contributed by atoms with van der Waals surface area (Å²) in [4.78, 5) is 15.6. The second kappa shape index (κ2) is 4.30. The van der Waals surface area contributed by atoms with Gasteiger partial charge in [-0.25, -0.2) is 9.79 Å². The number of aliphatic imine (C=N–C) groups is 1. The Kier molecular flexibility index (Phi) is 3.09. The summed E-state index contributed by atoms with van der Waals surface area (Å²) in [6.07, 6.45) is -5.65. The van der Waals surface area contributed by atoms with Gasteiger partial charge in [-0.15, -0.1) is 0 Å². The maximum absolute atomic E-state index is 13.7. The van der Waals surface area contributed by atoms with Crippen molar-refractivity contribution in [2.75, 3.05) is 13.3 Å². The molecule has 1 saturated heterocycles. The van der Waals surface area contributed by atoms with Crippen LogP contribution in [0.15, 0.2) is 4.99 Å². The third-order valence-electron chi connectivity index (χ3n) is 2.73. The summed E-state index contributed by atoms with van der Waals surface area (Å²) >= 11 is 0. The van der Waals surface area contributed by atoms with Crippen molar-refractivity contribution < 1.29 is 28.5 Å². The standard InChI is InChI=1S/C8H12F2N4O4/c9-8(10)4(16)3(1-15)18-5(8)14-2-12-6(11)13-7(14)17/h3-5,15-16H,1-2H2,(H3,11,12,13,17)/t3-,4-,5-/m1/s1. The number of ether oxygens (including phenoxy) is 1. The number of carbonyl (C=O) groups is 1. The SMILES string of the molecule is NC1=NCN([C@@H]2O[C@H](CO)[C@@H](O)C2(F)F)C(=O)N1. The molecule has 0 aromatic heterocycles. The number of guanidine groups is 1. The van der Waals surface area contributed by atoms with Crippen LogP contribution in [0.25, 0.3) is 0 Å². The Hall–Kier alpha value is -1.52. The molecular weight excluding hydrogens is 254 g/mol. The average molecular weight is 266 g/mol. The summed E-state index contributed by atoms with van der Waals surface area (Å²) in [7, 11) is 0. The lowest BCUT2D eigenvalue weighted by atomic mass is 10.1. The number of rotatable bonds is 2. The highest BCUT2D eigenvalue weighted by Gasteiger charge is 2.61. The average Bonchev–Trinajstić information content (AvgIpc) is 2.52. The molecule has 0 radical (unpaired) electrons. The number of amides is 2. The monoisotopic (exact) mass is 266 g/mol. The Morgan fingerprint density at radius 1 is 1.67 bits per heavy atom. The molecule has 0 spiro atoms. The lowest BCUT2D eigenvalue weighted by Crippen LogP contribution is -2.58. The van der Waals surface area contributed by atoms with Gasteiger partial charge >= 0.3 is 12.0 Å². The molecule has 2 aliphatic rings. The van der Waals surface area contributed by atoms with Crippen molar-refractivity contribution in [1.29, 1.82) is 0 Å². The molecular formula is C8H12F2N4O4. The summed E-state index contributed by atoms with van der Waals surface area (Å²) in [5, 5.41) is 20.2. The Balaban J connectivity index is 2.21. The van der Waals surface area contributed by atoms with Gasteiger partial charge in [0.2, 0.25) is 6.23 Å². The molecule has 0 bridgehead atoms. The molecule has 0 aliphatic carbocycles. The van der Waals surface area contributed by atoms with E-state index in [1.807, 2.05) is 5.32 Å². The summed E-state index contributed by atoms with van der Waals surface area (Å²) in [5.74, 6) is -3.89. The van der Waals surface area contributed by atoms with Gasteiger partial charge in [-0.05, 0) is 0 Å². The third-order valence-corrected chi connectivity index (χ3v) is 2.73. The van der Waals surface area contributed by atoms with Crippen LogP contribution >= 0.6 is 0 Å². The molecule has 0 aromatic carbocycles. The van der Waals surface area contributed by atoms with Crippen LogP contribution in [0.5, 0.6) is 0 Å². The molecule has 10 heteroatoms. The van der Waals surface area contributed by atoms with Crippen LogP contribution in [0.2, 0.25) is 0 Å². The molecule has 102 valence electrons. The van der Waals surface area contributed by atoms with Gasteiger partial charge in [0.1, 0.15) is 12.8 Å². The van der Waals surface area contributed by atoms with Gasteiger partial charge in [0, 0.05) is 0 Å². The molecule has 2 amide bonds. The van der Waals surface area contributed by atoms with Gasteiger partial charge < -0.3 is 20.7 Å². The summed E-state index contributed by atoms with van der Waals surface area (Å²) in [5.41, 5.74) is 5.21. The minimum absolute atomic E-state index is 0.184. The second-order valence-electron chi connectivity index (χ2n) is 3.91. The molecule has 8 nitrogen and oxygen atoms in total. The maximum Gasteiger partial charge on any atom is 0.327 e. The number of aliphatic hydroxyl groups excluding tert-OH is 2. The Morgan fingerprint density at radius 2 is 2.33 bits per heavy atom. The number of nitrogens with one attached hydrogen (secondary N) is 1. The topological polar surface area (TPSA) is 120 Å². The first-order valence-corrected chi connectivity index (χ1v) is 5.07. The first-order valence-electron chi connectivity index (χ1n) is 5.07. The number of nitrogens with two attached hydrogens (primary N) is 1. The van der Waals surface area contributed by atoms with Gasteiger partial charge in [0.05, 0.1) is 6.61 Å². The normalized spacial score (nSPS) is 35.3. The molecule has 0 saturated carbocycles. The van der Waals surface area contributed by atoms with Crippen LogP contribution < -0.4 is 11.1 Å². The van der Waals surface area contributed by atoms with E-state index in [2.05, 4.69) is 4.99 Å². The van der Waals surface area contributed by atoms with Gasteiger partial charge in [0.25, 0.3) is 0 Å². The number of aliphatic hydroxyl groups is 2. The summed E-state index contributed by atoms with van der Waals surface area (Å²) in [6, 6.07) is -0.905. The van der Waals surface area contributed by atoms with Gasteiger partial charge in [-0.1, -0.05) is 0 Å². The molecule has 18 heavy (non-hydrogen) atoms. The van der Waals surface area contributed by atoms with Gasteiger partial charge in [0.15, 0.2) is 12.1 Å². The number of urea groups is 1. The fourth-order valence-electron chi connectivity index (χ4n) is 1.77. The Bertz CT molecular complexity index is 391. The van der Waals surface area contributed by atoms with Gasteiger partial charge in [-0.2, -0.15) is 8.78 Å². The van der Waals surface area contributed by atoms with Crippen molar-refractivity contribution in [1.82, 2.24) is 10.2 Å². The Labute approximate surface area is 100 Å². The maximum atomic E-state index is 13.7. The van der Waals surface area contributed by atoms with E-state index in [-0.39, 0.29) is 5.96 Å². The smallest absolute Gasteiger partial charge is 0.327 e. The summed E-state index contributed by atoms with van der Waals surface area (Å²) < 4.78 is 32.2. The lowest BCUT2D eigenvalue weighted by molar-refractivity contribution is -0.154. The molecule has 0 unspecified atom stereocenters. The third kappa shape index (κ3) is 1.87. The fourth-order valence-corrected chi connectivity index (χ4v) is 1.77.